The Balaban J connectivity index is 1.87. The molecule has 26 heavy (non-hydrogen) atoms. The van der Waals surface area contributed by atoms with Crippen LogP contribution in [0, 0.1) is 5.92 Å². The molecule has 3 N–H and O–H groups in total. The Labute approximate surface area is 150 Å². The molecule has 2 amide bonds. The van der Waals surface area contributed by atoms with Crippen LogP contribution in [0.2, 0.25) is 0 Å². The Hall–Kier alpha value is -3.16. The number of amides is 2. The number of nitrogens with zero attached hydrogens (tertiary/aromatic N) is 1. The predicted octanol–water partition coefficient (Wildman–Crippen LogP) is 1.69. The third-order valence-corrected chi connectivity index (χ3v) is 3.61. The average Bonchev–Trinajstić information content (AvgIpc) is 3.13. The highest BCUT2D eigenvalue weighted by Gasteiger charge is 2.21. The van der Waals surface area contributed by atoms with Gasteiger partial charge in [0, 0.05) is 11.1 Å². The normalized spacial score (nSPS) is 11.8. The lowest BCUT2D eigenvalue weighted by Gasteiger charge is -2.16. The number of nitrogens with one attached hydrogen (secondary N) is 2. The summed E-state index contributed by atoms with van der Waals surface area (Å²) in [6.45, 7) is 3.43. The molecule has 2 rings (SSSR count). The van der Waals surface area contributed by atoms with Crippen molar-refractivity contribution >= 4 is 17.8 Å². The van der Waals surface area contributed by atoms with Gasteiger partial charge in [0.25, 0.3) is 5.91 Å². The second-order valence-electron chi connectivity index (χ2n) is 6.21. The van der Waals surface area contributed by atoms with Crippen LogP contribution in [0.3, 0.4) is 0 Å². The minimum Gasteiger partial charge on any atom is -0.480 e. The van der Waals surface area contributed by atoms with Gasteiger partial charge in [-0.2, -0.15) is 0 Å². The van der Waals surface area contributed by atoms with Crippen LogP contribution in [-0.2, 0) is 9.59 Å². The van der Waals surface area contributed by atoms with Crippen LogP contribution in [0.1, 0.15) is 30.6 Å². The summed E-state index contributed by atoms with van der Waals surface area (Å²) in [7, 11) is 0. The molecule has 138 valence electrons. The number of oxazole rings is 1. The number of carbonyl (C=O) groups excluding carboxylic acids is 2. The van der Waals surface area contributed by atoms with Crippen molar-refractivity contribution < 1.29 is 23.9 Å². The number of benzene rings is 1. The summed E-state index contributed by atoms with van der Waals surface area (Å²) >= 11 is 0. The van der Waals surface area contributed by atoms with Crippen molar-refractivity contribution in [3.63, 3.8) is 0 Å². The van der Waals surface area contributed by atoms with Gasteiger partial charge < -0.3 is 20.2 Å². The van der Waals surface area contributed by atoms with E-state index in [4.69, 9.17) is 9.52 Å². The first kappa shape index (κ1) is 19.2. The Morgan fingerprint density at radius 3 is 2.42 bits per heavy atom. The van der Waals surface area contributed by atoms with Gasteiger partial charge >= 0.3 is 5.97 Å². The van der Waals surface area contributed by atoms with Gasteiger partial charge in [0.1, 0.15) is 6.04 Å². The third kappa shape index (κ3) is 5.44. The summed E-state index contributed by atoms with van der Waals surface area (Å²) in [6, 6.07) is 5.64. The maximum atomic E-state index is 12.1. The molecule has 0 spiro atoms. The van der Waals surface area contributed by atoms with Gasteiger partial charge in [-0.3, -0.25) is 9.59 Å². The Kier molecular flexibility index (Phi) is 6.48. The summed E-state index contributed by atoms with van der Waals surface area (Å²) in [5.74, 6) is -1.37. The number of rotatable bonds is 8. The first-order chi connectivity index (χ1) is 12.4. The highest BCUT2D eigenvalue weighted by atomic mass is 16.4. The van der Waals surface area contributed by atoms with E-state index in [-0.39, 0.29) is 12.5 Å². The van der Waals surface area contributed by atoms with Crippen LogP contribution < -0.4 is 10.6 Å². The lowest BCUT2D eigenvalue weighted by molar-refractivity contribution is -0.142. The quantitative estimate of drug-likeness (QED) is 0.659. The highest BCUT2D eigenvalue weighted by Crippen LogP contribution is 2.18. The summed E-state index contributed by atoms with van der Waals surface area (Å²) in [6.07, 6.45) is 3.20. The first-order valence-corrected chi connectivity index (χ1v) is 8.16. The number of aliphatic carboxylic acids is 1. The molecule has 0 unspecified atom stereocenters. The van der Waals surface area contributed by atoms with Crippen molar-refractivity contribution in [3.8, 4) is 11.3 Å². The van der Waals surface area contributed by atoms with Gasteiger partial charge in [-0.05, 0) is 24.5 Å². The molecule has 0 saturated heterocycles. The van der Waals surface area contributed by atoms with Crippen LogP contribution in [0.4, 0.5) is 0 Å². The molecule has 0 fully saturated rings. The lowest BCUT2D eigenvalue weighted by atomic mass is 10.0. The molecule has 1 aromatic heterocycles. The van der Waals surface area contributed by atoms with Gasteiger partial charge in [-0.1, -0.05) is 26.0 Å². The summed E-state index contributed by atoms with van der Waals surface area (Å²) in [5, 5.41) is 14.0. The van der Waals surface area contributed by atoms with Gasteiger partial charge in [-0.25, -0.2) is 9.78 Å². The fourth-order valence-corrected chi connectivity index (χ4v) is 2.35. The zero-order valence-corrected chi connectivity index (χ0v) is 14.6. The molecule has 0 aliphatic carbocycles. The van der Waals surface area contributed by atoms with Gasteiger partial charge in [-0.15, -0.1) is 0 Å². The van der Waals surface area contributed by atoms with Crippen molar-refractivity contribution in [1.82, 2.24) is 15.6 Å². The van der Waals surface area contributed by atoms with E-state index in [0.717, 1.165) is 5.56 Å². The summed E-state index contributed by atoms with van der Waals surface area (Å²) < 4.78 is 5.17. The molecule has 0 saturated carbocycles. The van der Waals surface area contributed by atoms with E-state index >= 15 is 0 Å². The van der Waals surface area contributed by atoms with Crippen LogP contribution in [0.25, 0.3) is 11.3 Å². The van der Waals surface area contributed by atoms with E-state index in [1.807, 2.05) is 13.8 Å². The molecular weight excluding hydrogens is 338 g/mol. The third-order valence-electron chi connectivity index (χ3n) is 3.61. The number of carboxylic acid groups (broad SMARTS) is 1. The van der Waals surface area contributed by atoms with Crippen molar-refractivity contribution in [2.45, 2.75) is 26.3 Å². The Morgan fingerprint density at radius 1 is 1.19 bits per heavy atom. The summed E-state index contributed by atoms with van der Waals surface area (Å²) in [4.78, 5) is 38.9. The second kappa shape index (κ2) is 8.80. The first-order valence-electron chi connectivity index (χ1n) is 8.16. The maximum absolute atomic E-state index is 12.1. The molecule has 0 radical (unpaired) electrons. The Morgan fingerprint density at radius 2 is 1.88 bits per heavy atom. The zero-order valence-electron chi connectivity index (χ0n) is 14.6. The maximum Gasteiger partial charge on any atom is 0.326 e. The van der Waals surface area contributed by atoms with E-state index in [2.05, 4.69) is 15.6 Å². The monoisotopic (exact) mass is 359 g/mol. The fraction of sp³-hybridized carbons (Fsp3) is 0.333. The fourth-order valence-electron chi connectivity index (χ4n) is 2.35. The molecule has 0 bridgehead atoms. The van der Waals surface area contributed by atoms with Crippen LogP contribution >= 0.6 is 0 Å². The number of aromatic nitrogens is 1. The van der Waals surface area contributed by atoms with Crippen molar-refractivity contribution in [3.05, 3.63) is 42.4 Å². The van der Waals surface area contributed by atoms with Gasteiger partial charge in [0.05, 0.1) is 12.7 Å². The van der Waals surface area contributed by atoms with Gasteiger partial charge in [0.2, 0.25) is 5.91 Å². The molecule has 0 aliphatic rings. The smallest absolute Gasteiger partial charge is 0.326 e. The number of hydrogen-bond donors (Lipinski definition) is 3. The number of carbonyl (C=O) groups is 3. The minimum atomic E-state index is -1.10. The van der Waals surface area contributed by atoms with Crippen LogP contribution in [0.5, 0.6) is 0 Å². The zero-order chi connectivity index (χ0) is 19.1. The number of hydrogen-bond acceptors (Lipinski definition) is 5. The molecule has 2 aromatic rings. The molecule has 1 heterocycles. The van der Waals surface area contributed by atoms with Crippen LogP contribution in [0.15, 0.2) is 41.3 Å². The molecule has 0 aliphatic heterocycles. The molecule has 1 aromatic carbocycles. The lowest BCUT2D eigenvalue weighted by Crippen LogP contribution is -2.46. The second-order valence-corrected chi connectivity index (χ2v) is 6.21. The highest BCUT2D eigenvalue weighted by molar-refractivity contribution is 5.97. The summed E-state index contributed by atoms with van der Waals surface area (Å²) in [5.41, 5.74) is 1.15. The van der Waals surface area contributed by atoms with Crippen LogP contribution in [-0.4, -0.2) is 40.5 Å². The topological polar surface area (TPSA) is 122 Å². The largest absolute Gasteiger partial charge is 0.480 e. The average molecular weight is 359 g/mol. The van der Waals surface area contributed by atoms with E-state index < -0.39 is 23.8 Å². The predicted molar refractivity (Wildman–Crippen MR) is 93.3 cm³/mol. The SMILES string of the molecule is CC(C)C[C@H](NC(=O)CNC(=O)c1ccc(-c2cnco2)cc1)C(=O)O. The molecule has 1 atom stereocenters. The minimum absolute atomic E-state index is 0.119. The molecule has 8 heteroatoms. The van der Waals surface area contributed by atoms with Crippen molar-refractivity contribution in [1.29, 1.82) is 0 Å². The standard InChI is InChI=1S/C18H21N3O5/c1-11(2)7-14(18(24)25)21-16(22)9-20-17(23)13-5-3-12(4-6-13)15-8-19-10-26-15/h3-6,8,10-11,14H,7,9H2,1-2H3,(H,20,23)(H,21,22)(H,24,25)/t14-/m0/s1. The molecular formula is C18H21N3O5. The number of carboxylic acids is 1. The van der Waals surface area contributed by atoms with E-state index in [0.29, 0.717) is 17.7 Å². The van der Waals surface area contributed by atoms with Crippen molar-refractivity contribution in [2.24, 2.45) is 5.92 Å². The van der Waals surface area contributed by atoms with E-state index in [9.17, 15) is 14.4 Å². The van der Waals surface area contributed by atoms with E-state index in [1.165, 1.54) is 6.39 Å². The molecule has 8 nitrogen and oxygen atoms in total. The van der Waals surface area contributed by atoms with Gasteiger partial charge in [0.15, 0.2) is 12.2 Å². The van der Waals surface area contributed by atoms with Crippen molar-refractivity contribution in [2.75, 3.05) is 6.54 Å². The Bertz CT molecular complexity index is 754. The van der Waals surface area contributed by atoms with E-state index in [1.54, 1.807) is 30.5 Å².